The number of hydrogen-bond acceptors (Lipinski definition) is 2. The Labute approximate surface area is 115 Å². The molecule has 0 bridgehead atoms. The van der Waals surface area contributed by atoms with Gasteiger partial charge in [-0.1, -0.05) is 30.3 Å². The summed E-state index contributed by atoms with van der Waals surface area (Å²) in [5.74, 6) is 0. The van der Waals surface area contributed by atoms with Crippen LogP contribution < -0.4 is 0 Å². The number of nitrogens with zero attached hydrogens (tertiary/aromatic N) is 3. The van der Waals surface area contributed by atoms with Crippen LogP contribution in [0.5, 0.6) is 0 Å². The lowest BCUT2D eigenvalue weighted by molar-refractivity contribution is 0.0102. The topological polar surface area (TPSA) is 10.8 Å². The van der Waals surface area contributed by atoms with E-state index in [-0.39, 0.29) is 5.66 Å². The van der Waals surface area contributed by atoms with Gasteiger partial charge in [-0.25, -0.2) is 11.5 Å². The van der Waals surface area contributed by atoms with E-state index in [4.69, 9.17) is 6.57 Å². The fourth-order valence-electron chi connectivity index (χ4n) is 3.16. The van der Waals surface area contributed by atoms with Crippen LogP contribution in [0, 0.1) is 6.57 Å². The molecule has 0 unspecified atom stereocenters. The summed E-state index contributed by atoms with van der Waals surface area (Å²) in [5, 5.41) is 0. The van der Waals surface area contributed by atoms with E-state index in [1.54, 1.807) is 0 Å². The molecule has 3 heteroatoms. The Balaban J connectivity index is 1.54. The normalized spacial score (nSPS) is 23.5. The van der Waals surface area contributed by atoms with Crippen molar-refractivity contribution in [2.45, 2.75) is 31.5 Å². The zero-order valence-electron chi connectivity index (χ0n) is 11.4. The number of rotatable bonds is 3. The summed E-state index contributed by atoms with van der Waals surface area (Å²) < 4.78 is 0. The Morgan fingerprint density at radius 2 is 1.74 bits per heavy atom. The molecule has 0 aromatic heterocycles. The van der Waals surface area contributed by atoms with Crippen molar-refractivity contribution in [3.05, 3.63) is 47.3 Å². The van der Waals surface area contributed by atoms with Crippen LogP contribution in [0.15, 0.2) is 30.3 Å². The highest BCUT2D eigenvalue weighted by Crippen LogP contribution is 2.39. The van der Waals surface area contributed by atoms with Gasteiger partial charge in [-0.05, 0) is 12.0 Å². The maximum absolute atomic E-state index is 7.44. The lowest BCUT2D eigenvalue weighted by Gasteiger charge is -2.44. The molecule has 3 nitrogen and oxygen atoms in total. The minimum Gasteiger partial charge on any atom is -0.297 e. The predicted octanol–water partition coefficient (Wildman–Crippen LogP) is 2.60. The summed E-state index contributed by atoms with van der Waals surface area (Å²) in [7, 11) is 0. The molecule has 0 radical (unpaired) electrons. The Morgan fingerprint density at radius 1 is 1.05 bits per heavy atom. The van der Waals surface area contributed by atoms with Gasteiger partial charge in [0.25, 0.3) is 5.66 Å². The molecule has 0 spiro atoms. The van der Waals surface area contributed by atoms with Crippen molar-refractivity contribution in [1.29, 1.82) is 0 Å². The minimum absolute atomic E-state index is 0.126. The van der Waals surface area contributed by atoms with Crippen molar-refractivity contribution in [3.8, 4) is 0 Å². The van der Waals surface area contributed by atoms with Gasteiger partial charge in [0.05, 0.1) is 0 Å². The molecule has 2 fully saturated rings. The first-order valence-electron chi connectivity index (χ1n) is 7.22. The van der Waals surface area contributed by atoms with Crippen LogP contribution in [-0.4, -0.2) is 41.6 Å². The molecule has 0 amide bonds. The Kier molecular flexibility index (Phi) is 3.54. The van der Waals surface area contributed by atoms with E-state index in [9.17, 15) is 0 Å². The van der Waals surface area contributed by atoms with Gasteiger partial charge in [0.15, 0.2) is 0 Å². The molecule has 0 atom stereocenters. The molecule has 1 aromatic carbocycles. The molecule has 19 heavy (non-hydrogen) atoms. The maximum Gasteiger partial charge on any atom is 0.288 e. The second kappa shape index (κ2) is 5.32. The summed E-state index contributed by atoms with van der Waals surface area (Å²) in [6.07, 6.45) is 3.39. The van der Waals surface area contributed by atoms with Gasteiger partial charge in [0, 0.05) is 45.6 Å². The molecule has 1 aliphatic heterocycles. The van der Waals surface area contributed by atoms with E-state index >= 15 is 0 Å². The van der Waals surface area contributed by atoms with Gasteiger partial charge in [-0.3, -0.25) is 9.74 Å². The van der Waals surface area contributed by atoms with E-state index in [0.717, 1.165) is 45.6 Å². The van der Waals surface area contributed by atoms with Crippen molar-refractivity contribution in [2.75, 3.05) is 26.2 Å². The Bertz CT molecular complexity index is 451. The van der Waals surface area contributed by atoms with Crippen LogP contribution in [-0.2, 0) is 6.54 Å². The lowest BCUT2D eigenvalue weighted by Crippen LogP contribution is -2.58. The third kappa shape index (κ3) is 2.51. The number of benzene rings is 1. The third-order valence-corrected chi connectivity index (χ3v) is 4.57. The first-order valence-corrected chi connectivity index (χ1v) is 7.22. The van der Waals surface area contributed by atoms with Gasteiger partial charge in [0.1, 0.15) is 0 Å². The van der Waals surface area contributed by atoms with E-state index < -0.39 is 0 Å². The number of piperazine rings is 1. The van der Waals surface area contributed by atoms with Gasteiger partial charge < -0.3 is 0 Å². The zero-order chi connectivity index (χ0) is 13.1. The second-order valence-corrected chi connectivity index (χ2v) is 5.70. The molecule has 1 aromatic rings. The minimum atomic E-state index is -0.126. The van der Waals surface area contributed by atoms with Crippen LogP contribution in [0.4, 0.5) is 0 Å². The smallest absolute Gasteiger partial charge is 0.288 e. The summed E-state index contributed by atoms with van der Waals surface area (Å²) in [6, 6.07) is 10.7. The molecule has 1 heterocycles. The SMILES string of the molecule is [C-]#[N+]C1(N2CCN(Cc3ccccc3)CC2)CCC1. The quantitative estimate of drug-likeness (QED) is 0.769. The Hall–Kier alpha value is -1.37. The summed E-state index contributed by atoms with van der Waals surface area (Å²) in [4.78, 5) is 8.84. The van der Waals surface area contributed by atoms with Crippen LogP contribution in [0.3, 0.4) is 0 Å². The maximum atomic E-state index is 7.44. The molecule has 2 aliphatic rings. The van der Waals surface area contributed by atoms with E-state index in [1.165, 1.54) is 12.0 Å². The van der Waals surface area contributed by atoms with Crippen molar-refractivity contribution in [1.82, 2.24) is 9.80 Å². The first-order chi connectivity index (χ1) is 9.32. The highest BCUT2D eigenvalue weighted by Gasteiger charge is 2.49. The fraction of sp³-hybridized carbons (Fsp3) is 0.562. The molecule has 1 aliphatic carbocycles. The predicted molar refractivity (Wildman–Crippen MR) is 76.5 cm³/mol. The van der Waals surface area contributed by atoms with Crippen molar-refractivity contribution >= 4 is 0 Å². The van der Waals surface area contributed by atoms with E-state index in [2.05, 4.69) is 45.0 Å². The molecule has 1 saturated carbocycles. The van der Waals surface area contributed by atoms with Gasteiger partial charge >= 0.3 is 0 Å². The molecular formula is C16H21N3. The molecular weight excluding hydrogens is 234 g/mol. The van der Waals surface area contributed by atoms with Crippen molar-refractivity contribution < 1.29 is 0 Å². The first kappa shape index (κ1) is 12.7. The van der Waals surface area contributed by atoms with E-state index in [1.807, 2.05) is 0 Å². The third-order valence-electron chi connectivity index (χ3n) is 4.57. The highest BCUT2D eigenvalue weighted by molar-refractivity contribution is 5.14. The highest BCUT2D eigenvalue weighted by atomic mass is 15.3. The fourth-order valence-corrected chi connectivity index (χ4v) is 3.16. The van der Waals surface area contributed by atoms with Crippen LogP contribution in [0.25, 0.3) is 4.85 Å². The van der Waals surface area contributed by atoms with E-state index in [0.29, 0.717) is 0 Å². The van der Waals surface area contributed by atoms with Crippen molar-refractivity contribution in [2.24, 2.45) is 0 Å². The molecule has 0 N–H and O–H groups in total. The summed E-state index contributed by atoms with van der Waals surface area (Å²) >= 11 is 0. The summed E-state index contributed by atoms with van der Waals surface area (Å²) in [5.41, 5.74) is 1.26. The standard InChI is InChI=1S/C16H21N3/c1-17-16(8-5-9-16)19-12-10-18(11-13-19)14-15-6-3-2-4-7-15/h2-4,6-7H,5,8-14H2. The summed E-state index contributed by atoms with van der Waals surface area (Å²) in [6.45, 7) is 12.8. The average Bonchev–Trinajstić information content (AvgIpc) is 2.41. The van der Waals surface area contributed by atoms with Crippen LogP contribution in [0.1, 0.15) is 24.8 Å². The van der Waals surface area contributed by atoms with Crippen molar-refractivity contribution in [3.63, 3.8) is 0 Å². The lowest BCUT2D eigenvalue weighted by atomic mass is 9.83. The molecule has 100 valence electrons. The Morgan fingerprint density at radius 3 is 2.26 bits per heavy atom. The van der Waals surface area contributed by atoms with Gasteiger partial charge in [-0.2, -0.15) is 0 Å². The zero-order valence-corrected chi connectivity index (χ0v) is 11.4. The molecule has 3 rings (SSSR count). The average molecular weight is 255 g/mol. The largest absolute Gasteiger partial charge is 0.297 e. The van der Waals surface area contributed by atoms with Gasteiger partial charge in [0.2, 0.25) is 0 Å². The monoisotopic (exact) mass is 255 g/mol. The number of hydrogen-bond donors (Lipinski definition) is 0. The van der Waals surface area contributed by atoms with Crippen LogP contribution >= 0.6 is 0 Å². The molecule has 1 saturated heterocycles. The van der Waals surface area contributed by atoms with Gasteiger partial charge in [-0.15, -0.1) is 0 Å². The van der Waals surface area contributed by atoms with Crippen LogP contribution in [0.2, 0.25) is 0 Å². The second-order valence-electron chi connectivity index (χ2n) is 5.70.